The van der Waals surface area contributed by atoms with E-state index < -0.39 is 0 Å². The number of rotatable bonds is 2. The summed E-state index contributed by atoms with van der Waals surface area (Å²) in [7, 11) is 0. The molecule has 2 aromatic carbocycles. The average molecular weight is 379 g/mol. The van der Waals surface area contributed by atoms with Crippen LogP contribution in [-0.4, -0.2) is 25.0 Å². The van der Waals surface area contributed by atoms with Crippen LogP contribution in [0.4, 0.5) is 11.4 Å². The van der Waals surface area contributed by atoms with Crippen LogP contribution in [0, 0.1) is 0 Å². The van der Waals surface area contributed by atoms with E-state index in [1.165, 1.54) is 0 Å². The Balaban J connectivity index is 2.06. The molecule has 2 aromatic rings. The van der Waals surface area contributed by atoms with Gasteiger partial charge in [-0.15, -0.1) is 0 Å². The first-order valence-electron chi connectivity index (χ1n) is 9.78. The number of nitrogens with zero attached hydrogens (tertiary/aromatic N) is 2. The fraction of sp³-hybridized carbons (Fsp3) is 0.417. The summed E-state index contributed by atoms with van der Waals surface area (Å²) in [5.74, 6) is 0.873. The number of benzene rings is 2. The standard InChI is InChI=1S/C24H30N2O2/c1-23(2,3)17-11-7-9-13-19(17)25-21-22(28-16-15-27-21)26-20-14-10-8-12-18(20)24(4,5)6/h7-14H,15-16H2,1-6H3. The highest BCUT2D eigenvalue weighted by Gasteiger charge is 2.24. The highest BCUT2D eigenvalue weighted by molar-refractivity contribution is 6.36. The number of hydrogen-bond donors (Lipinski definition) is 0. The predicted molar refractivity (Wildman–Crippen MR) is 116 cm³/mol. The second-order valence-corrected chi connectivity index (χ2v) is 9.07. The largest absolute Gasteiger partial charge is 0.470 e. The van der Waals surface area contributed by atoms with Crippen LogP contribution in [0.1, 0.15) is 52.7 Å². The highest BCUT2D eigenvalue weighted by atomic mass is 16.6. The molecule has 0 spiro atoms. The third kappa shape index (κ3) is 4.61. The van der Waals surface area contributed by atoms with Gasteiger partial charge in [-0.1, -0.05) is 77.9 Å². The maximum Gasteiger partial charge on any atom is 0.278 e. The molecule has 0 bridgehead atoms. The third-order valence-corrected chi connectivity index (χ3v) is 4.61. The van der Waals surface area contributed by atoms with Gasteiger partial charge in [0.05, 0.1) is 11.4 Å². The Morgan fingerprint density at radius 3 is 1.32 bits per heavy atom. The van der Waals surface area contributed by atoms with Crippen molar-refractivity contribution in [1.29, 1.82) is 0 Å². The van der Waals surface area contributed by atoms with Gasteiger partial charge in [0.25, 0.3) is 11.8 Å². The molecule has 0 radical (unpaired) electrons. The van der Waals surface area contributed by atoms with Crippen molar-refractivity contribution in [3.05, 3.63) is 59.7 Å². The number of aliphatic imine (C=N–C) groups is 2. The highest BCUT2D eigenvalue weighted by Crippen LogP contribution is 2.33. The number of para-hydroxylation sites is 2. The van der Waals surface area contributed by atoms with Crippen molar-refractivity contribution in [2.24, 2.45) is 9.98 Å². The van der Waals surface area contributed by atoms with E-state index in [1.54, 1.807) is 0 Å². The Morgan fingerprint density at radius 2 is 0.964 bits per heavy atom. The molecule has 1 aliphatic rings. The van der Waals surface area contributed by atoms with Gasteiger partial charge in [-0.2, -0.15) is 0 Å². The average Bonchev–Trinajstić information content (AvgIpc) is 2.62. The van der Waals surface area contributed by atoms with Crippen LogP contribution in [0.2, 0.25) is 0 Å². The van der Waals surface area contributed by atoms with Crippen LogP contribution in [0.25, 0.3) is 0 Å². The summed E-state index contributed by atoms with van der Waals surface area (Å²) in [4.78, 5) is 9.59. The topological polar surface area (TPSA) is 43.2 Å². The van der Waals surface area contributed by atoms with Crippen LogP contribution >= 0.6 is 0 Å². The Bertz CT molecular complexity index is 824. The molecule has 1 aliphatic heterocycles. The van der Waals surface area contributed by atoms with Crippen molar-refractivity contribution in [3.8, 4) is 0 Å². The van der Waals surface area contributed by atoms with E-state index in [0.717, 1.165) is 22.5 Å². The van der Waals surface area contributed by atoms with Gasteiger partial charge in [0, 0.05) is 0 Å². The molecule has 0 aromatic heterocycles. The minimum Gasteiger partial charge on any atom is -0.470 e. The summed E-state index contributed by atoms with van der Waals surface area (Å²) in [6.07, 6.45) is 0. The lowest BCUT2D eigenvalue weighted by Gasteiger charge is -2.24. The first-order valence-corrected chi connectivity index (χ1v) is 9.78. The zero-order chi connectivity index (χ0) is 20.4. The van der Waals surface area contributed by atoms with Gasteiger partial charge in [-0.05, 0) is 34.1 Å². The molecule has 4 nitrogen and oxygen atoms in total. The van der Waals surface area contributed by atoms with Crippen LogP contribution < -0.4 is 0 Å². The molecular formula is C24H30N2O2. The van der Waals surface area contributed by atoms with E-state index >= 15 is 0 Å². The second kappa shape index (κ2) is 7.78. The molecule has 0 saturated carbocycles. The van der Waals surface area contributed by atoms with Crippen LogP contribution in [0.5, 0.6) is 0 Å². The van der Waals surface area contributed by atoms with Gasteiger partial charge in [-0.25, -0.2) is 9.98 Å². The summed E-state index contributed by atoms with van der Waals surface area (Å²) >= 11 is 0. The Kier molecular flexibility index (Phi) is 5.59. The number of hydrogen-bond acceptors (Lipinski definition) is 4. The first-order chi connectivity index (χ1) is 13.2. The molecule has 1 fully saturated rings. The molecule has 148 valence electrons. The van der Waals surface area contributed by atoms with Crippen molar-refractivity contribution in [2.75, 3.05) is 13.2 Å². The van der Waals surface area contributed by atoms with Crippen LogP contribution in [0.3, 0.4) is 0 Å². The molecule has 0 unspecified atom stereocenters. The monoisotopic (exact) mass is 378 g/mol. The molecule has 0 atom stereocenters. The van der Waals surface area contributed by atoms with Gasteiger partial charge in [0.2, 0.25) is 0 Å². The summed E-state index contributed by atoms with van der Waals surface area (Å²) in [6.45, 7) is 14.0. The second-order valence-electron chi connectivity index (χ2n) is 9.07. The van der Waals surface area contributed by atoms with Gasteiger partial charge in [-0.3, -0.25) is 0 Å². The van der Waals surface area contributed by atoms with Crippen LogP contribution in [-0.2, 0) is 20.3 Å². The van der Waals surface area contributed by atoms with Crippen molar-refractivity contribution in [3.63, 3.8) is 0 Å². The van der Waals surface area contributed by atoms with Gasteiger partial charge >= 0.3 is 0 Å². The summed E-state index contributed by atoms with van der Waals surface area (Å²) in [5, 5.41) is 0. The van der Waals surface area contributed by atoms with E-state index in [0.29, 0.717) is 25.0 Å². The quantitative estimate of drug-likeness (QED) is 0.635. The smallest absolute Gasteiger partial charge is 0.278 e. The molecule has 0 amide bonds. The minimum atomic E-state index is -0.0215. The van der Waals surface area contributed by atoms with Gasteiger partial charge < -0.3 is 9.47 Å². The molecule has 3 rings (SSSR count). The van der Waals surface area contributed by atoms with E-state index in [9.17, 15) is 0 Å². The third-order valence-electron chi connectivity index (χ3n) is 4.61. The van der Waals surface area contributed by atoms with E-state index in [-0.39, 0.29) is 10.8 Å². The molecular weight excluding hydrogens is 348 g/mol. The Morgan fingerprint density at radius 1 is 0.607 bits per heavy atom. The van der Waals surface area contributed by atoms with Crippen molar-refractivity contribution < 1.29 is 9.47 Å². The molecule has 28 heavy (non-hydrogen) atoms. The zero-order valence-corrected chi connectivity index (χ0v) is 17.7. The SMILES string of the molecule is CC(C)(C)c1ccccc1N=C1OCCOC1=Nc1ccccc1C(C)(C)C. The lowest BCUT2D eigenvalue weighted by molar-refractivity contribution is 0.173. The van der Waals surface area contributed by atoms with E-state index in [1.807, 2.05) is 36.4 Å². The van der Waals surface area contributed by atoms with Gasteiger partial charge in [0.15, 0.2) is 0 Å². The van der Waals surface area contributed by atoms with Crippen molar-refractivity contribution in [2.45, 2.75) is 52.4 Å². The van der Waals surface area contributed by atoms with Crippen molar-refractivity contribution in [1.82, 2.24) is 0 Å². The summed E-state index contributed by atoms with van der Waals surface area (Å²) < 4.78 is 11.7. The molecule has 0 N–H and O–H groups in total. The zero-order valence-electron chi connectivity index (χ0n) is 17.7. The molecule has 1 heterocycles. The normalized spacial score (nSPS) is 18.1. The minimum absolute atomic E-state index is 0.0215. The molecule has 0 aliphatic carbocycles. The van der Waals surface area contributed by atoms with E-state index in [4.69, 9.17) is 19.5 Å². The van der Waals surface area contributed by atoms with E-state index in [2.05, 4.69) is 53.7 Å². The first kappa shape index (κ1) is 20.1. The van der Waals surface area contributed by atoms with Gasteiger partial charge in [0.1, 0.15) is 13.2 Å². The Hall–Kier alpha value is -2.62. The fourth-order valence-electron chi connectivity index (χ4n) is 3.19. The number of ether oxygens (including phenoxy) is 2. The lowest BCUT2D eigenvalue weighted by Crippen LogP contribution is -2.30. The lowest BCUT2D eigenvalue weighted by atomic mass is 9.86. The molecule has 4 heteroatoms. The fourth-order valence-corrected chi connectivity index (χ4v) is 3.19. The maximum absolute atomic E-state index is 5.85. The van der Waals surface area contributed by atoms with Crippen LogP contribution in [0.15, 0.2) is 58.5 Å². The molecule has 1 saturated heterocycles. The predicted octanol–water partition coefficient (Wildman–Crippen LogP) is 6.09. The summed E-state index contributed by atoms with van der Waals surface area (Å²) in [6, 6.07) is 16.3. The van der Waals surface area contributed by atoms with Crippen molar-refractivity contribution >= 4 is 23.2 Å². The Labute approximate surface area is 168 Å². The maximum atomic E-state index is 5.85. The summed E-state index contributed by atoms with van der Waals surface area (Å²) in [5.41, 5.74) is 4.04.